The SMILES string of the molecule is COc1ccc(OC(C)C(=O)CCl)cc1. The predicted octanol–water partition coefficient (Wildman–Crippen LogP) is 2.27. The minimum absolute atomic E-state index is 0.0304. The maximum absolute atomic E-state index is 11.2. The summed E-state index contributed by atoms with van der Waals surface area (Å²) < 4.78 is 10.4. The van der Waals surface area contributed by atoms with Crippen molar-refractivity contribution in [3.05, 3.63) is 24.3 Å². The Morgan fingerprint density at radius 3 is 2.33 bits per heavy atom. The van der Waals surface area contributed by atoms with Gasteiger partial charge < -0.3 is 9.47 Å². The lowest BCUT2D eigenvalue weighted by molar-refractivity contribution is -0.122. The third-order valence-electron chi connectivity index (χ3n) is 1.96. The molecular weight excluding hydrogens is 216 g/mol. The van der Waals surface area contributed by atoms with Gasteiger partial charge in [-0.05, 0) is 31.2 Å². The van der Waals surface area contributed by atoms with Crippen LogP contribution in [0.5, 0.6) is 11.5 Å². The van der Waals surface area contributed by atoms with Gasteiger partial charge in [0.05, 0.1) is 13.0 Å². The molecule has 0 bridgehead atoms. The van der Waals surface area contributed by atoms with Crippen molar-refractivity contribution in [1.29, 1.82) is 0 Å². The number of hydrogen-bond acceptors (Lipinski definition) is 3. The van der Waals surface area contributed by atoms with Crippen LogP contribution < -0.4 is 9.47 Å². The lowest BCUT2D eigenvalue weighted by Gasteiger charge is -2.12. The maximum atomic E-state index is 11.2. The van der Waals surface area contributed by atoms with E-state index in [4.69, 9.17) is 21.1 Å². The summed E-state index contributed by atoms with van der Waals surface area (Å²) in [6, 6.07) is 7.04. The fourth-order valence-corrected chi connectivity index (χ4v) is 1.25. The number of benzene rings is 1. The van der Waals surface area contributed by atoms with Crippen LogP contribution in [0.15, 0.2) is 24.3 Å². The highest BCUT2D eigenvalue weighted by atomic mass is 35.5. The van der Waals surface area contributed by atoms with Crippen LogP contribution in [0.2, 0.25) is 0 Å². The van der Waals surface area contributed by atoms with Crippen LogP contribution in [0, 0.1) is 0 Å². The lowest BCUT2D eigenvalue weighted by Crippen LogP contribution is -2.24. The monoisotopic (exact) mass is 228 g/mol. The number of methoxy groups -OCH3 is 1. The van der Waals surface area contributed by atoms with Crippen LogP contribution in [0.4, 0.5) is 0 Å². The summed E-state index contributed by atoms with van der Waals surface area (Å²) in [4.78, 5) is 11.2. The summed E-state index contributed by atoms with van der Waals surface area (Å²) in [5, 5.41) is 0. The smallest absolute Gasteiger partial charge is 0.187 e. The molecular formula is C11H13ClO3. The number of Topliss-reactive ketones (excluding diaryl/α,β-unsaturated/α-hetero) is 1. The number of rotatable bonds is 5. The average molecular weight is 229 g/mol. The summed E-state index contributed by atoms with van der Waals surface area (Å²) in [5.74, 6) is 1.21. The first kappa shape index (κ1) is 11.9. The van der Waals surface area contributed by atoms with Gasteiger partial charge in [0.2, 0.25) is 0 Å². The molecule has 1 atom stereocenters. The molecule has 82 valence electrons. The Morgan fingerprint density at radius 2 is 1.87 bits per heavy atom. The molecule has 3 nitrogen and oxygen atoms in total. The first-order valence-corrected chi connectivity index (χ1v) is 5.10. The van der Waals surface area contributed by atoms with Gasteiger partial charge in [0.25, 0.3) is 0 Å². The van der Waals surface area contributed by atoms with E-state index in [2.05, 4.69) is 0 Å². The zero-order valence-electron chi connectivity index (χ0n) is 8.70. The van der Waals surface area contributed by atoms with E-state index in [1.807, 2.05) is 0 Å². The Bertz CT molecular complexity index is 321. The van der Waals surface area contributed by atoms with E-state index < -0.39 is 6.10 Å². The van der Waals surface area contributed by atoms with Gasteiger partial charge in [0, 0.05) is 0 Å². The van der Waals surface area contributed by atoms with Crippen molar-refractivity contribution >= 4 is 17.4 Å². The quantitative estimate of drug-likeness (QED) is 0.726. The van der Waals surface area contributed by atoms with Crippen molar-refractivity contribution in [3.63, 3.8) is 0 Å². The Hall–Kier alpha value is -1.22. The third kappa shape index (κ3) is 3.44. The molecule has 0 fully saturated rings. The first-order valence-electron chi connectivity index (χ1n) is 4.56. The fraction of sp³-hybridized carbons (Fsp3) is 0.364. The number of carbonyl (C=O) groups is 1. The molecule has 0 N–H and O–H groups in total. The Labute approximate surface area is 93.9 Å². The van der Waals surface area contributed by atoms with E-state index in [1.165, 1.54) is 0 Å². The predicted molar refractivity (Wildman–Crippen MR) is 58.8 cm³/mol. The first-order chi connectivity index (χ1) is 7.17. The molecule has 0 aliphatic rings. The van der Waals surface area contributed by atoms with Gasteiger partial charge in [0.1, 0.15) is 11.5 Å². The minimum atomic E-state index is -0.518. The van der Waals surface area contributed by atoms with Gasteiger partial charge in [-0.15, -0.1) is 11.6 Å². The minimum Gasteiger partial charge on any atom is -0.497 e. The molecule has 1 aromatic carbocycles. The number of alkyl halides is 1. The maximum Gasteiger partial charge on any atom is 0.187 e. The molecule has 0 aliphatic carbocycles. The van der Waals surface area contributed by atoms with Crippen molar-refractivity contribution < 1.29 is 14.3 Å². The van der Waals surface area contributed by atoms with Crippen LogP contribution in [0.25, 0.3) is 0 Å². The highest BCUT2D eigenvalue weighted by Crippen LogP contribution is 2.18. The zero-order valence-corrected chi connectivity index (χ0v) is 9.45. The van der Waals surface area contributed by atoms with Crippen LogP contribution in [0.3, 0.4) is 0 Å². The molecule has 1 aromatic rings. The molecule has 0 aliphatic heterocycles. The van der Waals surface area contributed by atoms with Crippen molar-refractivity contribution in [2.24, 2.45) is 0 Å². The standard InChI is InChI=1S/C11H13ClO3/c1-8(11(13)7-12)15-10-5-3-9(14-2)4-6-10/h3-6,8H,7H2,1-2H3. The highest BCUT2D eigenvalue weighted by Gasteiger charge is 2.12. The number of ether oxygens (including phenoxy) is 2. The summed E-state index contributed by atoms with van der Waals surface area (Å²) in [6.45, 7) is 1.68. The summed E-state index contributed by atoms with van der Waals surface area (Å²) >= 11 is 5.41. The summed E-state index contributed by atoms with van der Waals surface area (Å²) in [5.41, 5.74) is 0. The van der Waals surface area contributed by atoms with E-state index in [0.29, 0.717) is 5.75 Å². The van der Waals surface area contributed by atoms with Gasteiger partial charge in [-0.3, -0.25) is 4.79 Å². The van der Waals surface area contributed by atoms with Gasteiger partial charge in [-0.2, -0.15) is 0 Å². The molecule has 0 radical (unpaired) electrons. The molecule has 0 amide bonds. The van der Waals surface area contributed by atoms with Crippen LogP contribution in [0.1, 0.15) is 6.92 Å². The number of hydrogen-bond donors (Lipinski definition) is 0. The molecule has 15 heavy (non-hydrogen) atoms. The second kappa shape index (κ2) is 5.61. The molecule has 0 heterocycles. The normalized spacial score (nSPS) is 11.9. The van der Waals surface area contributed by atoms with Crippen molar-refractivity contribution in [3.8, 4) is 11.5 Å². The second-order valence-corrected chi connectivity index (χ2v) is 3.30. The molecule has 0 aromatic heterocycles. The number of halogens is 1. The number of carbonyl (C=O) groups excluding carboxylic acids is 1. The topological polar surface area (TPSA) is 35.5 Å². The van der Waals surface area contributed by atoms with Gasteiger partial charge in [-0.1, -0.05) is 0 Å². The van der Waals surface area contributed by atoms with E-state index in [-0.39, 0.29) is 11.7 Å². The van der Waals surface area contributed by atoms with Gasteiger partial charge in [-0.25, -0.2) is 0 Å². The largest absolute Gasteiger partial charge is 0.497 e. The molecule has 0 spiro atoms. The van der Waals surface area contributed by atoms with Gasteiger partial charge >= 0.3 is 0 Å². The third-order valence-corrected chi connectivity index (χ3v) is 2.22. The van der Waals surface area contributed by atoms with E-state index in [0.717, 1.165) is 5.75 Å². The van der Waals surface area contributed by atoms with Crippen molar-refractivity contribution in [2.45, 2.75) is 13.0 Å². The Balaban J connectivity index is 2.60. The van der Waals surface area contributed by atoms with E-state index >= 15 is 0 Å². The van der Waals surface area contributed by atoms with Crippen LogP contribution >= 0.6 is 11.6 Å². The van der Waals surface area contributed by atoms with Crippen molar-refractivity contribution in [1.82, 2.24) is 0 Å². The zero-order chi connectivity index (χ0) is 11.3. The van der Waals surface area contributed by atoms with Gasteiger partial charge in [0.15, 0.2) is 11.9 Å². The van der Waals surface area contributed by atoms with E-state index in [9.17, 15) is 4.79 Å². The Morgan fingerprint density at radius 1 is 1.33 bits per heavy atom. The molecule has 1 rings (SSSR count). The Kier molecular flexibility index (Phi) is 4.43. The van der Waals surface area contributed by atoms with E-state index in [1.54, 1.807) is 38.3 Å². The molecule has 1 unspecified atom stereocenters. The summed E-state index contributed by atoms with van der Waals surface area (Å²) in [6.07, 6.45) is -0.518. The molecule has 0 saturated heterocycles. The average Bonchev–Trinajstić information content (AvgIpc) is 2.29. The van der Waals surface area contributed by atoms with Crippen LogP contribution in [-0.2, 0) is 4.79 Å². The van der Waals surface area contributed by atoms with Crippen LogP contribution in [-0.4, -0.2) is 24.9 Å². The van der Waals surface area contributed by atoms with Crippen molar-refractivity contribution in [2.75, 3.05) is 13.0 Å². The fourth-order valence-electron chi connectivity index (χ4n) is 1.03. The molecule has 0 saturated carbocycles. The highest BCUT2D eigenvalue weighted by molar-refractivity contribution is 6.28. The lowest BCUT2D eigenvalue weighted by atomic mass is 10.3. The second-order valence-electron chi connectivity index (χ2n) is 3.04. The summed E-state index contributed by atoms with van der Waals surface area (Å²) in [7, 11) is 1.59. The number of ketones is 1. The molecule has 4 heteroatoms.